The highest BCUT2D eigenvalue weighted by atomic mass is 32.2. The lowest BCUT2D eigenvalue weighted by Gasteiger charge is -2.37. The number of anilines is 3. The van der Waals surface area contributed by atoms with Crippen LogP contribution in [-0.4, -0.2) is 87.7 Å². The van der Waals surface area contributed by atoms with Gasteiger partial charge in [-0.15, -0.1) is 0 Å². The third-order valence-electron chi connectivity index (χ3n) is 8.35. The minimum Gasteiger partial charge on any atom is -0.369 e. The first-order valence-electron chi connectivity index (χ1n) is 15.6. The van der Waals surface area contributed by atoms with Gasteiger partial charge in [0.15, 0.2) is 0 Å². The van der Waals surface area contributed by atoms with Crippen molar-refractivity contribution in [1.29, 1.82) is 0 Å². The van der Waals surface area contributed by atoms with Crippen molar-refractivity contribution in [3.05, 3.63) is 83.4 Å². The van der Waals surface area contributed by atoms with Gasteiger partial charge < -0.3 is 25.8 Å². The second kappa shape index (κ2) is 13.0. The van der Waals surface area contributed by atoms with Crippen LogP contribution < -0.4 is 20.9 Å². The molecule has 0 bridgehead atoms. The number of amides is 2. The maximum atomic E-state index is 13.8. The quantitative estimate of drug-likeness (QED) is 0.258. The van der Waals surface area contributed by atoms with E-state index in [2.05, 4.69) is 44.6 Å². The van der Waals surface area contributed by atoms with Crippen molar-refractivity contribution < 1.29 is 26.8 Å². The molecule has 2 fully saturated rings. The number of halogens is 2. The van der Waals surface area contributed by atoms with Crippen LogP contribution in [0.5, 0.6) is 0 Å². The third-order valence-corrected chi connectivity index (χ3v) is 10.2. The molecule has 2 saturated heterocycles. The topological polar surface area (TPSA) is 114 Å². The van der Waals surface area contributed by atoms with Gasteiger partial charge in [0.1, 0.15) is 0 Å². The van der Waals surface area contributed by atoms with Gasteiger partial charge in [-0.05, 0) is 62.9 Å². The number of hydrogen-bond acceptors (Lipinski definition) is 7. The molecule has 0 aliphatic carbocycles. The first-order chi connectivity index (χ1) is 22.8. The van der Waals surface area contributed by atoms with Crippen LogP contribution in [0.15, 0.2) is 71.6 Å². The molecule has 0 aromatic heterocycles. The van der Waals surface area contributed by atoms with Crippen LogP contribution in [0.4, 0.5) is 25.8 Å². The van der Waals surface area contributed by atoms with Crippen LogP contribution in [0.25, 0.3) is 11.3 Å². The van der Waals surface area contributed by atoms with Crippen LogP contribution in [0.3, 0.4) is 0 Å². The van der Waals surface area contributed by atoms with Gasteiger partial charge in [0.25, 0.3) is 17.7 Å². The lowest BCUT2D eigenvalue weighted by atomic mass is 9.99. The molecule has 3 heterocycles. The Morgan fingerprint density at radius 3 is 2.27 bits per heavy atom. The standard InChI is InChI=1S/C35H36F2N6O4S/c1-23(2)38-31(44)14-9-25-19-29-28(20-30(25)48(46,47)43-21-35(36,37)22-43)32(34(45)40-29)33(24-7-5-4-6-8-24)39-26-10-12-27(13-11-26)42-17-15-41(3)16-18-42/h4-8,10-13,19-20,23,39H,15-18,21-22H2,1-3H3,(H,38,44)(H,40,45)/b33-32-. The molecule has 3 aromatic rings. The zero-order valence-corrected chi connectivity index (χ0v) is 27.6. The molecular formula is C35H36F2N6O4S. The number of carbonyl (C=O) groups is 2. The van der Waals surface area contributed by atoms with E-state index < -0.39 is 40.8 Å². The summed E-state index contributed by atoms with van der Waals surface area (Å²) in [6.45, 7) is 5.30. The van der Waals surface area contributed by atoms with E-state index in [-0.39, 0.29) is 33.3 Å². The first kappa shape index (κ1) is 33.1. The summed E-state index contributed by atoms with van der Waals surface area (Å²) in [6, 6.07) is 19.4. The molecule has 0 spiro atoms. The van der Waals surface area contributed by atoms with Crippen molar-refractivity contribution in [3.63, 3.8) is 0 Å². The molecule has 3 N–H and O–H groups in total. The van der Waals surface area contributed by atoms with E-state index in [1.807, 2.05) is 54.6 Å². The predicted molar refractivity (Wildman–Crippen MR) is 182 cm³/mol. The molecule has 3 aliphatic rings. The van der Waals surface area contributed by atoms with Gasteiger partial charge in [0.2, 0.25) is 10.0 Å². The molecule has 0 saturated carbocycles. The second-order valence-electron chi connectivity index (χ2n) is 12.4. The molecular weight excluding hydrogens is 638 g/mol. The number of rotatable bonds is 7. The summed E-state index contributed by atoms with van der Waals surface area (Å²) >= 11 is 0. The summed E-state index contributed by atoms with van der Waals surface area (Å²) in [7, 11) is -2.38. The Bertz CT molecular complexity index is 1940. The largest absolute Gasteiger partial charge is 0.369 e. The number of nitrogens with zero attached hydrogens (tertiary/aromatic N) is 3. The Hall–Kier alpha value is -4.77. The van der Waals surface area contributed by atoms with Crippen molar-refractivity contribution in [3.8, 4) is 11.8 Å². The lowest BCUT2D eigenvalue weighted by molar-refractivity contribution is -0.116. The SMILES string of the molecule is CC(C)NC(=O)C#Cc1cc2c(cc1S(=O)(=O)N1CC(F)(F)C1)/C(=C(/Nc1ccc(N3CCN(C)CC3)cc1)c1ccccc1)C(=O)N2. The molecule has 3 aliphatic heterocycles. The summed E-state index contributed by atoms with van der Waals surface area (Å²) in [6.07, 6.45) is 0. The van der Waals surface area contributed by atoms with Gasteiger partial charge in [-0.1, -0.05) is 36.3 Å². The molecule has 2 amide bonds. The Morgan fingerprint density at radius 2 is 1.65 bits per heavy atom. The van der Waals surface area contributed by atoms with Gasteiger partial charge in [0, 0.05) is 60.6 Å². The smallest absolute Gasteiger partial charge is 0.296 e. The number of alkyl halides is 2. The zero-order chi connectivity index (χ0) is 34.2. The Labute approximate surface area is 278 Å². The molecule has 0 radical (unpaired) electrons. The highest BCUT2D eigenvalue weighted by Crippen LogP contribution is 2.42. The van der Waals surface area contributed by atoms with Gasteiger partial charge in [-0.3, -0.25) is 9.59 Å². The van der Waals surface area contributed by atoms with Gasteiger partial charge in [-0.25, -0.2) is 17.2 Å². The Balaban J connectivity index is 1.44. The molecule has 0 atom stereocenters. The van der Waals surface area contributed by atoms with Crippen molar-refractivity contribution in [2.45, 2.75) is 30.7 Å². The monoisotopic (exact) mass is 674 g/mol. The number of hydrogen-bond donors (Lipinski definition) is 3. The summed E-state index contributed by atoms with van der Waals surface area (Å²) < 4.78 is 55.8. The molecule has 250 valence electrons. The third kappa shape index (κ3) is 6.92. The van der Waals surface area contributed by atoms with E-state index in [1.54, 1.807) is 13.8 Å². The number of piperazine rings is 1. The van der Waals surface area contributed by atoms with Crippen molar-refractivity contribution in [2.75, 3.05) is 61.8 Å². The average Bonchev–Trinajstić information content (AvgIpc) is 3.36. The summed E-state index contributed by atoms with van der Waals surface area (Å²) in [5.41, 5.74) is 3.47. The van der Waals surface area contributed by atoms with E-state index >= 15 is 0 Å². The fourth-order valence-corrected chi connectivity index (χ4v) is 7.46. The zero-order valence-electron chi connectivity index (χ0n) is 26.8. The maximum Gasteiger partial charge on any atom is 0.296 e. The first-order valence-corrected chi connectivity index (χ1v) is 17.1. The van der Waals surface area contributed by atoms with E-state index in [4.69, 9.17) is 0 Å². The number of carbonyl (C=O) groups excluding carboxylic acids is 2. The lowest BCUT2D eigenvalue weighted by Crippen LogP contribution is -2.58. The molecule has 48 heavy (non-hydrogen) atoms. The Morgan fingerprint density at radius 1 is 0.979 bits per heavy atom. The highest BCUT2D eigenvalue weighted by Gasteiger charge is 2.50. The van der Waals surface area contributed by atoms with E-state index in [9.17, 15) is 26.8 Å². The molecule has 0 unspecified atom stereocenters. The summed E-state index contributed by atoms with van der Waals surface area (Å²) in [5, 5.41) is 8.80. The number of benzene rings is 3. The molecule has 10 nitrogen and oxygen atoms in total. The van der Waals surface area contributed by atoms with Crippen molar-refractivity contribution >= 4 is 50.2 Å². The molecule has 13 heteroatoms. The fraction of sp³-hybridized carbons (Fsp3) is 0.314. The predicted octanol–water partition coefficient (Wildman–Crippen LogP) is 3.89. The highest BCUT2D eigenvalue weighted by molar-refractivity contribution is 7.89. The Kier molecular flexibility index (Phi) is 9.00. The summed E-state index contributed by atoms with van der Waals surface area (Å²) in [5.74, 6) is 0.701. The minimum atomic E-state index is -4.48. The van der Waals surface area contributed by atoms with E-state index in [1.165, 1.54) is 12.1 Å². The number of fused-ring (bicyclic) bond motifs is 1. The molecule has 6 rings (SSSR count). The van der Waals surface area contributed by atoms with Crippen LogP contribution in [0, 0.1) is 11.8 Å². The molecule has 3 aromatic carbocycles. The summed E-state index contributed by atoms with van der Waals surface area (Å²) in [4.78, 5) is 30.2. The van der Waals surface area contributed by atoms with Crippen molar-refractivity contribution in [1.82, 2.24) is 14.5 Å². The minimum absolute atomic E-state index is 0.0989. The van der Waals surface area contributed by atoms with Crippen LogP contribution in [0.1, 0.15) is 30.5 Å². The van der Waals surface area contributed by atoms with Crippen LogP contribution >= 0.6 is 0 Å². The van der Waals surface area contributed by atoms with Gasteiger partial charge in [0.05, 0.1) is 34.9 Å². The van der Waals surface area contributed by atoms with Gasteiger partial charge in [-0.2, -0.15) is 4.31 Å². The average molecular weight is 675 g/mol. The normalized spacial score (nSPS) is 18.7. The van der Waals surface area contributed by atoms with Crippen LogP contribution in [-0.2, 0) is 19.6 Å². The van der Waals surface area contributed by atoms with Crippen LogP contribution in [0.2, 0.25) is 0 Å². The number of likely N-dealkylation sites (N-methyl/N-ethyl adjacent to an activating group) is 1. The van der Waals surface area contributed by atoms with Gasteiger partial charge >= 0.3 is 0 Å². The van der Waals surface area contributed by atoms with Crippen molar-refractivity contribution in [2.24, 2.45) is 0 Å². The second-order valence-corrected chi connectivity index (χ2v) is 14.3. The van der Waals surface area contributed by atoms with E-state index in [0.717, 1.165) is 31.9 Å². The number of sulfonamides is 1. The van der Waals surface area contributed by atoms with E-state index in [0.29, 0.717) is 21.3 Å². The maximum absolute atomic E-state index is 13.8. The fourth-order valence-electron chi connectivity index (χ4n) is 5.81. The number of nitrogens with one attached hydrogen (secondary N) is 3.